The number of thiocarbonyl (C=S) groups is 1. The highest BCUT2D eigenvalue weighted by Crippen LogP contribution is 2.14. The molecule has 0 amide bonds. The standard InChI is InChI=1S/C14H16N2S2/c1-15-14(17)16(11-13-8-5-9-18-13)10-12-6-3-2-4-7-12/h2-9H,10-11H2,1H3,(H,15,17). The average Bonchev–Trinajstić information content (AvgIpc) is 2.91. The van der Waals surface area contributed by atoms with Crippen molar-refractivity contribution in [1.29, 1.82) is 0 Å². The predicted molar refractivity (Wildman–Crippen MR) is 81.7 cm³/mol. The lowest BCUT2D eigenvalue weighted by molar-refractivity contribution is 0.406. The van der Waals surface area contributed by atoms with Crippen LogP contribution in [-0.4, -0.2) is 17.1 Å². The van der Waals surface area contributed by atoms with Crippen LogP contribution in [-0.2, 0) is 13.1 Å². The zero-order chi connectivity index (χ0) is 12.8. The Balaban J connectivity index is 2.08. The van der Waals surface area contributed by atoms with Crippen LogP contribution in [0.1, 0.15) is 10.4 Å². The number of hydrogen-bond donors (Lipinski definition) is 1. The lowest BCUT2D eigenvalue weighted by Gasteiger charge is -2.24. The van der Waals surface area contributed by atoms with Crippen molar-refractivity contribution < 1.29 is 0 Å². The molecule has 0 spiro atoms. The molecule has 4 heteroatoms. The van der Waals surface area contributed by atoms with E-state index in [1.165, 1.54) is 10.4 Å². The van der Waals surface area contributed by atoms with Gasteiger partial charge in [0.1, 0.15) is 0 Å². The van der Waals surface area contributed by atoms with E-state index in [2.05, 4.69) is 52.0 Å². The highest BCUT2D eigenvalue weighted by Gasteiger charge is 2.10. The first kappa shape index (κ1) is 13.1. The zero-order valence-corrected chi connectivity index (χ0v) is 11.9. The Kier molecular flexibility index (Phi) is 4.73. The van der Waals surface area contributed by atoms with Gasteiger partial charge in [0.15, 0.2) is 5.11 Å². The Morgan fingerprint density at radius 1 is 1.17 bits per heavy atom. The molecular formula is C14H16N2S2. The van der Waals surface area contributed by atoms with E-state index in [-0.39, 0.29) is 0 Å². The molecule has 0 aliphatic heterocycles. The van der Waals surface area contributed by atoms with Crippen LogP contribution < -0.4 is 5.32 Å². The van der Waals surface area contributed by atoms with Crippen LogP contribution in [0.5, 0.6) is 0 Å². The van der Waals surface area contributed by atoms with Crippen molar-refractivity contribution in [2.45, 2.75) is 13.1 Å². The van der Waals surface area contributed by atoms with E-state index >= 15 is 0 Å². The van der Waals surface area contributed by atoms with Gasteiger partial charge in [0.25, 0.3) is 0 Å². The minimum absolute atomic E-state index is 0.784. The van der Waals surface area contributed by atoms with Crippen molar-refractivity contribution >= 4 is 28.7 Å². The summed E-state index contributed by atoms with van der Waals surface area (Å²) < 4.78 is 0. The molecule has 18 heavy (non-hydrogen) atoms. The summed E-state index contributed by atoms with van der Waals surface area (Å²) in [5.74, 6) is 0. The summed E-state index contributed by atoms with van der Waals surface area (Å²) in [6, 6.07) is 14.6. The third kappa shape index (κ3) is 3.55. The van der Waals surface area contributed by atoms with Gasteiger partial charge in [-0.15, -0.1) is 11.3 Å². The topological polar surface area (TPSA) is 15.3 Å². The molecule has 2 nitrogen and oxygen atoms in total. The molecule has 2 aromatic rings. The molecular weight excluding hydrogens is 260 g/mol. The normalized spacial score (nSPS) is 10.1. The number of benzene rings is 1. The molecule has 1 heterocycles. The molecule has 1 aromatic carbocycles. The maximum Gasteiger partial charge on any atom is 0.169 e. The van der Waals surface area contributed by atoms with Gasteiger partial charge in [-0.25, -0.2) is 0 Å². The number of thiophene rings is 1. The van der Waals surface area contributed by atoms with Gasteiger partial charge in [0.2, 0.25) is 0 Å². The number of nitrogens with zero attached hydrogens (tertiary/aromatic N) is 1. The smallest absolute Gasteiger partial charge is 0.169 e. The summed E-state index contributed by atoms with van der Waals surface area (Å²) in [5.41, 5.74) is 1.27. The second kappa shape index (κ2) is 6.52. The number of nitrogens with one attached hydrogen (secondary N) is 1. The summed E-state index contributed by atoms with van der Waals surface area (Å²) in [4.78, 5) is 3.50. The van der Waals surface area contributed by atoms with Gasteiger partial charge in [-0.1, -0.05) is 36.4 Å². The minimum atomic E-state index is 0.784. The van der Waals surface area contributed by atoms with Crippen LogP contribution in [0.3, 0.4) is 0 Å². The van der Waals surface area contributed by atoms with E-state index < -0.39 is 0 Å². The Morgan fingerprint density at radius 2 is 1.94 bits per heavy atom. The molecule has 0 saturated heterocycles. The maximum absolute atomic E-state index is 5.37. The van der Waals surface area contributed by atoms with E-state index in [0.29, 0.717) is 0 Å². The van der Waals surface area contributed by atoms with Gasteiger partial charge in [0, 0.05) is 18.5 Å². The quantitative estimate of drug-likeness (QED) is 0.863. The summed E-state index contributed by atoms with van der Waals surface area (Å²) in [6.07, 6.45) is 0. The van der Waals surface area contributed by atoms with E-state index in [1.54, 1.807) is 11.3 Å². The van der Waals surface area contributed by atoms with Crippen molar-refractivity contribution in [2.24, 2.45) is 0 Å². The predicted octanol–water partition coefficient (Wildman–Crippen LogP) is 3.25. The fourth-order valence-corrected chi connectivity index (χ4v) is 2.60. The first-order valence-electron chi connectivity index (χ1n) is 5.82. The van der Waals surface area contributed by atoms with Crippen LogP contribution in [0.15, 0.2) is 47.8 Å². The van der Waals surface area contributed by atoms with E-state index in [0.717, 1.165) is 18.2 Å². The lowest BCUT2D eigenvalue weighted by atomic mass is 10.2. The average molecular weight is 276 g/mol. The second-order valence-corrected chi connectivity index (χ2v) is 5.40. The molecule has 0 bridgehead atoms. The summed E-state index contributed by atoms with van der Waals surface area (Å²) in [6.45, 7) is 1.69. The number of rotatable bonds is 4. The SMILES string of the molecule is CNC(=S)N(Cc1ccccc1)Cc1cccs1. The molecule has 94 valence electrons. The first-order valence-corrected chi connectivity index (χ1v) is 7.11. The van der Waals surface area contributed by atoms with Gasteiger partial charge >= 0.3 is 0 Å². The molecule has 1 aromatic heterocycles. The minimum Gasteiger partial charge on any atom is -0.366 e. The molecule has 0 fully saturated rings. The van der Waals surface area contributed by atoms with Crippen molar-refractivity contribution in [2.75, 3.05) is 7.05 Å². The van der Waals surface area contributed by atoms with E-state index in [4.69, 9.17) is 12.2 Å². The van der Waals surface area contributed by atoms with Crippen molar-refractivity contribution in [3.8, 4) is 0 Å². The fraction of sp³-hybridized carbons (Fsp3) is 0.214. The van der Waals surface area contributed by atoms with Gasteiger partial charge in [0.05, 0.1) is 6.54 Å². The highest BCUT2D eigenvalue weighted by atomic mass is 32.1. The van der Waals surface area contributed by atoms with Gasteiger partial charge < -0.3 is 10.2 Å². The maximum atomic E-state index is 5.37. The Bertz CT molecular complexity index is 480. The molecule has 2 rings (SSSR count). The van der Waals surface area contributed by atoms with E-state index in [9.17, 15) is 0 Å². The number of hydrogen-bond acceptors (Lipinski definition) is 2. The Labute approximate surface area is 117 Å². The largest absolute Gasteiger partial charge is 0.366 e. The van der Waals surface area contributed by atoms with Gasteiger partial charge in [-0.05, 0) is 29.2 Å². The van der Waals surface area contributed by atoms with Crippen LogP contribution in [0.25, 0.3) is 0 Å². The zero-order valence-electron chi connectivity index (χ0n) is 10.3. The monoisotopic (exact) mass is 276 g/mol. The third-order valence-electron chi connectivity index (χ3n) is 2.64. The van der Waals surface area contributed by atoms with Gasteiger partial charge in [-0.2, -0.15) is 0 Å². The van der Waals surface area contributed by atoms with Crippen LogP contribution in [0.4, 0.5) is 0 Å². The highest BCUT2D eigenvalue weighted by molar-refractivity contribution is 7.80. The van der Waals surface area contributed by atoms with Crippen molar-refractivity contribution in [3.05, 3.63) is 58.3 Å². The third-order valence-corrected chi connectivity index (χ3v) is 3.97. The second-order valence-electron chi connectivity index (χ2n) is 3.98. The summed E-state index contributed by atoms with van der Waals surface area (Å²) in [5, 5.41) is 5.94. The van der Waals surface area contributed by atoms with E-state index in [1.807, 2.05) is 13.1 Å². The molecule has 0 atom stereocenters. The Hall–Kier alpha value is -1.39. The lowest BCUT2D eigenvalue weighted by Crippen LogP contribution is -2.36. The molecule has 0 saturated carbocycles. The van der Waals surface area contributed by atoms with Crippen LogP contribution in [0, 0.1) is 0 Å². The summed E-state index contributed by atoms with van der Waals surface area (Å²) in [7, 11) is 1.87. The van der Waals surface area contributed by atoms with Crippen molar-refractivity contribution in [1.82, 2.24) is 10.2 Å². The van der Waals surface area contributed by atoms with Gasteiger partial charge in [-0.3, -0.25) is 0 Å². The molecule has 0 unspecified atom stereocenters. The molecule has 0 aliphatic carbocycles. The van der Waals surface area contributed by atoms with Crippen LogP contribution >= 0.6 is 23.6 Å². The fourth-order valence-electron chi connectivity index (χ4n) is 1.75. The molecule has 1 N–H and O–H groups in total. The first-order chi connectivity index (χ1) is 8.79. The summed E-state index contributed by atoms with van der Waals surface area (Å²) >= 11 is 7.13. The van der Waals surface area contributed by atoms with Crippen molar-refractivity contribution in [3.63, 3.8) is 0 Å². The van der Waals surface area contributed by atoms with Crippen LogP contribution in [0.2, 0.25) is 0 Å². The Morgan fingerprint density at radius 3 is 2.56 bits per heavy atom. The molecule has 0 radical (unpaired) electrons. The molecule has 0 aliphatic rings.